The quantitative estimate of drug-likeness (QED) is 0.585. The summed E-state index contributed by atoms with van der Waals surface area (Å²) in [6, 6.07) is 5.89. The number of halogens is 3. The topological polar surface area (TPSA) is 102 Å². The number of amides is 3. The van der Waals surface area contributed by atoms with E-state index in [-0.39, 0.29) is 41.9 Å². The second-order valence-electron chi connectivity index (χ2n) is 9.97. The molecule has 1 atom stereocenters. The summed E-state index contributed by atoms with van der Waals surface area (Å²) in [6.07, 6.45) is -0.684. The van der Waals surface area contributed by atoms with Gasteiger partial charge in [-0.2, -0.15) is 18.4 Å². The molecule has 4 rings (SSSR count). The second-order valence-corrected chi connectivity index (χ2v) is 9.97. The molecule has 2 N–H and O–H groups in total. The van der Waals surface area contributed by atoms with Gasteiger partial charge in [-0.25, -0.2) is 0 Å². The number of nitrogens with one attached hydrogen (secondary N) is 2. The first-order chi connectivity index (χ1) is 16.6. The molecule has 0 aromatic heterocycles. The predicted octanol–water partition coefficient (Wildman–Crippen LogP) is 2.97. The fourth-order valence-corrected chi connectivity index (χ4v) is 4.67. The third-order valence-corrected chi connectivity index (χ3v) is 6.97. The Kier molecular flexibility index (Phi) is 7.06. The van der Waals surface area contributed by atoms with E-state index in [4.69, 9.17) is 5.26 Å². The molecule has 1 aromatic carbocycles. The molecule has 35 heavy (non-hydrogen) atoms. The first-order valence-corrected chi connectivity index (χ1v) is 12.1. The van der Waals surface area contributed by atoms with Gasteiger partial charge in [-0.1, -0.05) is 6.07 Å². The number of rotatable bonds is 8. The third kappa shape index (κ3) is 6.53. The van der Waals surface area contributed by atoms with Crippen molar-refractivity contribution in [3.8, 4) is 6.07 Å². The van der Waals surface area contributed by atoms with Gasteiger partial charge in [0, 0.05) is 26.1 Å². The van der Waals surface area contributed by atoms with Crippen LogP contribution in [0, 0.1) is 23.2 Å². The van der Waals surface area contributed by atoms with Crippen LogP contribution in [-0.4, -0.2) is 47.4 Å². The van der Waals surface area contributed by atoms with Gasteiger partial charge in [0.25, 0.3) is 0 Å². The van der Waals surface area contributed by atoms with Crippen LogP contribution < -0.4 is 10.6 Å². The zero-order valence-corrected chi connectivity index (χ0v) is 19.4. The maximum Gasteiger partial charge on any atom is 0.393 e. The highest BCUT2D eigenvalue weighted by molar-refractivity contribution is 5.94. The Morgan fingerprint density at radius 3 is 2.51 bits per heavy atom. The fraction of sp³-hybridized carbons (Fsp3) is 0.600. The Labute approximate surface area is 202 Å². The van der Waals surface area contributed by atoms with Gasteiger partial charge in [-0.3, -0.25) is 14.4 Å². The van der Waals surface area contributed by atoms with E-state index in [1.54, 1.807) is 4.90 Å². The highest BCUT2D eigenvalue weighted by Crippen LogP contribution is 2.39. The number of nitriles is 1. The van der Waals surface area contributed by atoms with Crippen molar-refractivity contribution < 1.29 is 27.6 Å². The molecule has 1 aromatic rings. The number of piperidine rings is 1. The molecule has 1 aliphatic heterocycles. The van der Waals surface area contributed by atoms with Gasteiger partial charge >= 0.3 is 6.18 Å². The third-order valence-electron chi connectivity index (χ3n) is 6.97. The normalized spacial score (nSPS) is 21.1. The molecule has 3 aliphatic rings. The van der Waals surface area contributed by atoms with Crippen LogP contribution in [0.5, 0.6) is 0 Å². The first kappa shape index (κ1) is 25.0. The molecule has 10 heteroatoms. The number of carbonyl (C=O) groups is 3. The number of carbonyl (C=O) groups excluding carboxylic acids is 3. The summed E-state index contributed by atoms with van der Waals surface area (Å²) in [4.78, 5) is 39.9. The van der Waals surface area contributed by atoms with Gasteiger partial charge in [0.05, 0.1) is 24.0 Å². The molecule has 0 bridgehead atoms. The Morgan fingerprint density at radius 1 is 1.14 bits per heavy atom. The maximum atomic E-state index is 13.2. The summed E-state index contributed by atoms with van der Waals surface area (Å²) in [7, 11) is 0. The van der Waals surface area contributed by atoms with Gasteiger partial charge in [0.15, 0.2) is 0 Å². The van der Waals surface area contributed by atoms with Crippen molar-refractivity contribution in [2.24, 2.45) is 11.8 Å². The predicted molar refractivity (Wildman–Crippen MR) is 120 cm³/mol. The number of hydrogen-bond donors (Lipinski definition) is 2. The summed E-state index contributed by atoms with van der Waals surface area (Å²) in [5.41, 5.74) is -0.470. The van der Waals surface area contributed by atoms with E-state index in [1.807, 2.05) is 6.07 Å². The molecule has 2 saturated carbocycles. The molecular formula is C25H29F3N4O3. The van der Waals surface area contributed by atoms with Crippen LogP contribution in [0.25, 0.3) is 0 Å². The summed E-state index contributed by atoms with van der Waals surface area (Å²) < 4.78 is 38.9. The van der Waals surface area contributed by atoms with Gasteiger partial charge in [-0.05, 0) is 67.7 Å². The molecule has 188 valence electrons. The van der Waals surface area contributed by atoms with Crippen LogP contribution in [0.3, 0.4) is 0 Å². The monoisotopic (exact) mass is 490 g/mol. The molecule has 3 fully saturated rings. The molecule has 0 spiro atoms. The Hall–Kier alpha value is -3.09. The maximum absolute atomic E-state index is 13.2. The molecule has 1 heterocycles. The number of alkyl halides is 3. The molecule has 2 aliphatic carbocycles. The van der Waals surface area contributed by atoms with Crippen molar-refractivity contribution in [2.75, 3.05) is 13.1 Å². The van der Waals surface area contributed by atoms with Gasteiger partial charge in [0.1, 0.15) is 5.54 Å². The Bertz CT molecular complexity index is 1040. The van der Waals surface area contributed by atoms with Crippen LogP contribution in [0.4, 0.5) is 13.2 Å². The minimum Gasteiger partial charge on any atom is -0.352 e. The molecule has 7 nitrogen and oxygen atoms in total. The molecule has 0 radical (unpaired) electrons. The van der Waals surface area contributed by atoms with Crippen LogP contribution in [0.15, 0.2) is 18.2 Å². The molecule has 0 unspecified atom stereocenters. The van der Waals surface area contributed by atoms with Crippen molar-refractivity contribution in [1.29, 1.82) is 5.26 Å². The van der Waals surface area contributed by atoms with Crippen LogP contribution in [0.1, 0.15) is 61.6 Å². The first-order valence-electron chi connectivity index (χ1n) is 12.1. The summed E-state index contributed by atoms with van der Waals surface area (Å²) in [6.45, 7) is 0.628. The van der Waals surface area contributed by atoms with Gasteiger partial charge < -0.3 is 15.5 Å². The van der Waals surface area contributed by atoms with E-state index < -0.39 is 24.1 Å². The van der Waals surface area contributed by atoms with Crippen molar-refractivity contribution >= 4 is 17.7 Å². The SMILES string of the molecule is N#Cc1ccc(CNC(=O)[C@@H]2CCCN(C(=O)C3(NC(=O)CC4CC4)CC3)C2)c(CC(F)(F)F)c1. The highest BCUT2D eigenvalue weighted by atomic mass is 19.4. The number of benzene rings is 1. The summed E-state index contributed by atoms with van der Waals surface area (Å²) in [5.74, 6) is -0.625. The Morgan fingerprint density at radius 2 is 1.89 bits per heavy atom. The van der Waals surface area contributed by atoms with Crippen LogP contribution in [-0.2, 0) is 27.3 Å². The van der Waals surface area contributed by atoms with E-state index in [1.165, 1.54) is 18.2 Å². The van der Waals surface area contributed by atoms with E-state index in [9.17, 15) is 27.6 Å². The van der Waals surface area contributed by atoms with E-state index in [0.717, 1.165) is 12.8 Å². The van der Waals surface area contributed by atoms with Crippen molar-refractivity contribution in [3.05, 3.63) is 34.9 Å². The standard InChI is InChI=1S/C25H29F3N4O3/c26-25(27,28)12-20-10-17(13-29)5-6-18(20)14-30-22(34)19-2-1-9-32(15-19)23(35)24(7-8-24)31-21(33)11-16-3-4-16/h5-6,10,16,19H,1-4,7-9,11-12,14-15H2,(H,30,34)(H,31,33)/t19-/m1/s1. The van der Waals surface area contributed by atoms with E-state index in [0.29, 0.717) is 50.1 Å². The number of nitrogens with zero attached hydrogens (tertiary/aromatic N) is 2. The zero-order valence-electron chi connectivity index (χ0n) is 19.4. The van der Waals surface area contributed by atoms with Gasteiger partial charge in [-0.15, -0.1) is 0 Å². The molecule has 1 saturated heterocycles. The highest BCUT2D eigenvalue weighted by Gasteiger charge is 2.53. The minimum atomic E-state index is -4.44. The van der Waals surface area contributed by atoms with Crippen molar-refractivity contribution in [2.45, 2.75) is 69.6 Å². The lowest BCUT2D eigenvalue weighted by Crippen LogP contribution is -2.54. The smallest absolute Gasteiger partial charge is 0.352 e. The van der Waals surface area contributed by atoms with Crippen molar-refractivity contribution in [3.63, 3.8) is 0 Å². The minimum absolute atomic E-state index is 0.0464. The summed E-state index contributed by atoms with van der Waals surface area (Å²) >= 11 is 0. The largest absolute Gasteiger partial charge is 0.393 e. The van der Waals surface area contributed by atoms with Crippen LogP contribution >= 0.6 is 0 Å². The summed E-state index contributed by atoms with van der Waals surface area (Å²) in [5, 5.41) is 14.6. The van der Waals surface area contributed by atoms with Crippen LogP contribution in [0.2, 0.25) is 0 Å². The van der Waals surface area contributed by atoms with Gasteiger partial charge in [0.2, 0.25) is 17.7 Å². The van der Waals surface area contributed by atoms with E-state index >= 15 is 0 Å². The Balaban J connectivity index is 1.34. The average Bonchev–Trinajstić information content (AvgIpc) is 3.74. The average molecular weight is 491 g/mol. The second kappa shape index (κ2) is 9.88. The zero-order chi connectivity index (χ0) is 25.2. The fourth-order valence-electron chi connectivity index (χ4n) is 4.67. The lowest BCUT2D eigenvalue weighted by molar-refractivity contribution is -0.141. The molecular weight excluding hydrogens is 461 g/mol. The van der Waals surface area contributed by atoms with Crippen molar-refractivity contribution in [1.82, 2.24) is 15.5 Å². The van der Waals surface area contributed by atoms with E-state index in [2.05, 4.69) is 10.6 Å². The lowest BCUT2D eigenvalue weighted by Gasteiger charge is -2.34. The lowest BCUT2D eigenvalue weighted by atomic mass is 9.95. The number of hydrogen-bond acceptors (Lipinski definition) is 4. The number of likely N-dealkylation sites (tertiary alicyclic amines) is 1. The molecule has 3 amide bonds.